The summed E-state index contributed by atoms with van der Waals surface area (Å²) in [5.41, 5.74) is 0. The molecule has 0 aromatic carbocycles. The Bertz CT molecular complexity index is 470. The summed E-state index contributed by atoms with van der Waals surface area (Å²) in [7, 11) is 0. The summed E-state index contributed by atoms with van der Waals surface area (Å²) in [5, 5.41) is 19.5. The minimum atomic E-state index is 0.594. The van der Waals surface area contributed by atoms with E-state index >= 15 is 0 Å². The summed E-state index contributed by atoms with van der Waals surface area (Å²) in [6, 6.07) is 0. The lowest BCUT2D eigenvalue weighted by Crippen LogP contribution is -2.24. The van der Waals surface area contributed by atoms with Gasteiger partial charge in [0.05, 0.1) is 12.3 Å². The Morgan fingerprint density at radius 2 is 2.37 bits per heavy atom. The van der Waals surface area contributed by atoms with Crippen molar-refractivity contribution in [1.82, 2.24) is 35.7 Å². The average Bonchev–Trinajstić information content (AvgIpc) is 3.03. The topological polar surface area (TPSA) is 94.6 Å². The van der Waals surface area contributed by atoms with E-state index in [0.717, 1.165) is 24.8 Å². The number of nitrogens with zero attached hydrogens (tertiary/aromatic N) is 6. The van der Waals surface area contributed by atoms with Crippen LogP contribution in [0.25, 0.3) is 0 Å². The van der Waals surface area contributed by atoms with Crippen molar-refractivity contribution >= 4 is 11.8 Å². The van der Waals surface area contributed by atoms with Crippen LogP contribution >= 0.6 is 11.8 Å². The molecule has 0 saturated carbocycles. The molecule has 0 unspecified atom stereocenters. The highest BCUT2D eigenvalue weighted by molar-refractivity contribution is 7.98. The Labute approximate surface area is 115 Å². The smallest absolute Gasteiger partial charge is 0.213 e. The second kappa shape index (κ2) is 7.19. The van der Waals surface area contributed by atoms with Crippen molar-refractivity contribution in [2.75, 3.05) is 13.1 Å². The lowest BCUT2D eigenvalue weighted by molar-refractivity contribution is 0.412. The van der Waals surface area contributed by atoms with Gasteiger partial charge in [-0.2, -0.15) is 4.98 Å². The van der Waals surface area contributed by atoms with Crippen molar-refractivity contribution in [1.29, 1.82) is 0 Å². The molecule has 2 rings (SSSR count). The molecule has 8 nitrogen and oxygen atoms in total. The van der Waals surface area contributed by atoms with E-state index in [9.17, 15) is 0 Å². The van der Waals surface area contributed by atoms with Crippen molar-refractivity contribution in [3.05, 3.63) is 12.2 Å². The van der Waals surface area contributed by atoms with Crippen LogP contribution in [0.5, 0.6) is 0 Å². The third-order valence-corrected chi connectivity index (χ3v) is 3.24. The van der Waals surface area contributed by atoms with Gasteiger partial charge in [-0.15, -0.1) is 5.10 Å². The molecular weight excluding hydrogens is 266 g/mol. The van der Waals surface area contributed by atoms with Gasteiger partial charge >= 0.3 is 0 Å². The predicted molar refractivity (Wildman–Crippen MR) is 69.4 cm³/mol. The zero-order valence-corrected chi connectivity index (χ0v) is 11.8. The zero-order valence-electron chi connectivity index (χ0n) is 11.0. The molecule has 9 heteroatoms. The van der Waals surface area contributed by atoms with E-state index < -0.39 is 0 Å². The molecule has 19 heavy (non-hydrogen) atoms. The number of hydrogen-bond acceptors (Lipinski definition) is 8. The largest absolute Gasteiger partial charge is 0.343 e. The van der Waals surface area contributed by atoms with Crippen molar-refractivity contribution in [2.24, 2.45) is 5.92 Å². The Morgan fingerprint density at radius 3 is 3.11 bits per heavy atom. The Kier molecular flexibility index (Phi) is 5.28. The lowest BCUT2D eigenvalue weighted by Gasteiger charge is -2.07. The monoisotopic (exact) mass is 283 g/mol. The van der Waals surface area contributed by atoms with E-state index in [4.69, 9.17) is 0 Å². The molecule has 0 radical (unpaired) electrons. The standard InChI is InChI=1S/C10H17N7OS/c1-8(2)5-11-3-4-17-10(13-15-16-17)19-6-9-12-7-18-14-9/h7-8,11H,3-6H2,1-2H3. The predicted octanol–water partition coefficient (Wildman–Crippen LogP) is 0.594. The first-order valence-corrected chi connectivity index (χ1v) is 7.09. The van der Waals surface area contributed by atoms with Crippen molar-refractivity contribution < 1.29 is 4.52 Å². The zero-order chi connectivity index (χ0) is 13.5. The van der Waals surface area contributed by atoms with Crippen LogP contribution in [0, 0.1) is 5.92 Å². The van der Waals surface area contributed by atoms with Gasteiger partial charge in [0, 0.05) is 6.54 Å². The first kappa shape index (κ1) is 13.9. The maximum Gasteiger partial charge on any atom is 0.213 e. The SMILES string of the molecule is CC(C)CNCCn1nnnc1SCc1ncon1. The van der Waals surface area contributed by atoms with E-state index in [1.54, 1.807) is 4.68 Å². The number of nitrogens with one attached hydrogen (secondary N) is 1. The molecule has 0 aliphatic carbocycles. The maximum absolute atomic E-state index is 4.67. The quantitative estimate of drug-likeness (QED) is 0.556. The van der Waals surface area contributed by atoms with Gasteiger partial charge in [-0.1, -0.05) is 30.8 Å². The minimum absolute atomic E-state index is 0.594. The van der Waals surface area contributed by atoms with E-state index in [0.29, 0.717) is 17.5 Å². The molecule has 0 spiro atoms. The van der Waals surface area contributed by atoms with E-state index in [1.807, 2.05) is 0 Å². The fourth-order valence-corrected chi connectivity index (χ4v) is 2.16. The molecular formula is C10H17N7OS. The maximum atomic E-state index is 4.67. The van der Waals surface area contributed by atoms with Gasteiger partial charge in [0.15, 0.2) is 5.82 Å². The molecule has 2 heterocycles. The summed E-state index contributed by atoms with van der Waals surface area (Å²) in [6.07, 6.45) is 1.31. The van der Waals surface area contributed by atoms with Gasteiger partial charge in [-0.25, -0.2) is 4.68 Å². The summed E-state index contributed by atoms with van der Waals surface area (Å²) in [4.78, 5) is 3.95. The Hall–Kier alpha value is -1.48. The normalized spacial score (nSPS) is 11.3. The number of aromatic nitrogens is 6. The van der Waals surface area contributed by atoms with Gasteiger partial charge in [0.2, 0.25) is 11.6 Å². The Morgan fingerprint density at radius 1 is 1.47 bits per heavy atom. The summed E-state index contributed by atoms with van der Waals surface area (Å²) in [5.74, 6) is 1.87. The molecule has 1 N–H and O–H groups in total. The fourth-order valence-electron chi connectivity index (χ4n) is 1.40. The van der Waals surface area contributed by atoms with E-state index in [1.165, 1.54) is 18.2 Å². The second-order valence-corrected chi connectivity index (χ2v) is 5.36. The molecule has 0 bridgehead atoms. The van der Waals surface area contributed by atoms with Gasteiger partial charge < -0.3 is 9.84 Å². The molecule has 0 fully saturated rings. The van der Waals surface area contributed by atoms with Crippen molar-refractivity contribution in [2.45, 2.75) is 31.3 Å². The minimum Gasteiger partial charge on any atom is -0.343 e. The lowest BCUT2D eigenvalue weighted by atomic mass is 10.2. The molecule has 104 valence electrons. The van der Waals surface area contributed by atoms with Crippen LogP contribution in [-0.2, 0) is 12.3 Å². The molecule has 0 atom stereocenters. The third-order valence-electron chi connectivity index (χ3n) is 2.29. The number of rotatable bonds is 8. The molecule has 0 saturated heterocycles. The molecule has 0 aliphatic rings. The third kappa shape index (κ3) is 4.60. The number of tetrazole rings is 1. The summed E-state index contributed by atoms with van der Waals surface area (Å²) in [6.45, 7) is 6.94. The fraction of sp³-hybridized carbons (Fsp3) is 0.700. The van der Waals surface area contributed by atoms with Crippen LogP contribution in [0.15, 0.2) is 16.1 Å². The van der Waals surface area contributed by atoms with E-state index in [2.05, 4.69) is 49.4 Å². The van der Waals surface area contributed by atoms with Crippen LogP contribution < -0.4 is 5.32 Å². The number of thioether (sulfide) groups is 1. The van der Waals surface area contributed by atoms with Crippen LogP contribution in [0.4, 0.5) is 0 Å². The second-order valence-electron chi connectivity index (χ2n) is 4.42. The van der Waals surface area contributed by atoms with Crippen LogP contribution in [0.1, 0.15) is 19.7 Å². The van der Waals surface area contributed by atoms with Gasteiger partial charge in [-0.05, 0) is 22.9 Å². The van der Waals surface area contributed by atoms with E-state index in [-0.39, 0.29) is 0 Å². The molecule has 0 aliphatic heterocycles. The van der Waals surface area contributed by atoms with Crippen LogP contribution in [-0.4, -0.2) is 43.4 Å². The molecule has 2 aromatic rings. The van der Waals surface area contributed by atoms with Gasteiger partial charge in [0.25, 0.3) is 0 Å². The molecule has 0 amide bonds. The average molecular weight is 283 g/mol. The highest BCUT2D eigenvalue weighted by atomic mass is 32.2. The van der Waals surface area contributed by atoms with Gasteiger partial charge in [-0.3, -0.25) is 0 Å². The summed E-state index contributed by atoms with van der Waals surface area (Å²) < 4.78 is 6.45. The van der Waals surface area contributed by atoms with Gasteiger partial charge in [0.1, 0.15) is 0 Å². The highest BCUT2D eigenvalue weighted by Crippen LogP contribution is 2.17. The van der Waals surface area contributed by atoms with Crippen molar-refractivity contribution in [3.63, 3.8) is 0 Å². The van der Waals surface area contributed by atoms with Crippen molar-refractivity contribution in [3.8, 4) is 0 Å². The summed E-state index contributed by atoms with van der Waals surface area (Å²) >= 11 is 1.49. The van der Waals surface area contributed by atoms with Crippen LogP contribution in [0.3, 0.4) is 0 Å². The Balaban J connectivity index is 1.77. The highest BCUT2D eigenvalue weighted by Gasteiger charge is 2.08. The first-order chi connectivity index (χ1) is 9.25. The van der Waals surface area contributed by atoms with Crippen LogP contribution in [0.2, 0.25) is 0 Å². The first-order valence-electron chi connectivity index (χ1n) is 6.10. The molecule has 2 aromatic heterocycles. The number of hydrogen-bond donors (Lipinski definition) is 1.